The molecule has 0 amide bonds. The molecule has 0 saturated carbocycles. The van der Waals surface area contributed by atoms with Crippen LogP contribution in [0.2, 0.25) is 0 Å². The van der Waals surface area contributed by atoms with E-state index < -0.39 is 0 Å². The molecule has 0 radical (unpaired) electrons. The molecule has 0 nitrogen and oxygen atoms in total. The largest absolute Gasteiger partial charge is 0.0616 e. The van der Waals surface area contributed by atoms with Gasteiger partial charge in [-0.25, -0.2) is 0 Å². The molecule has 0 aliphatic carbocycles. The highest BCUT2D eigenvalue weighted by Crippen LogP contribution is 2.37. The number of hydrogen-bond donors (Lipinski definition) is 0. The predicted molar refractivity (Wildman–Crippen MR) is 102 cm³/mol. The maximum atomic E-state index is 2.34. The van der Waals surface area contributed by atoms with Crippen LogP contribution in [0.4, 0.5) is 0 Å². The third-order valence-electron chi connectivity index (χ3n) is 4.84. The van der Waals surface area contributed by atoms with Gasteiger partial charge in [-0.1, -0.05) is 69.3 Å². The summed E-state index contributed by atoms with van der Waals surface area (Å²) < 4.78 is 0. The number of rotatable bonds is 0. The summed E-state index contributed by atoms with van der Waals surface area (Å²) in [5, 5.41) is 8.04. The van der Waals surface area contributed by atoms with Crippen LogP contribution >= 0.6 is 0 Å². The average Bonchev–Trinajstić information content (AvgIpc) is 2.51. The quantitative estimate of drug-likeness (QED) is 0.249. The van der Waals surface area contributed by atoms with Crippen LogP contribution in [0.15, 0.2) is 60.7 Å². The van der Waals surface area contributed by atoms with Gasteiger partial charge in [0.15, 0.2) is 0 Å². The summed E-state index contributed by atoms with van der Waals surface area (Å²) in [6, 6.07) is 22.4. The van der Waals surface area contributed by atoms with E-state index in [1.165, 1.54) is 43.4 Å². The van der Waals surface area contributed by atoms with E-state index >= 15 is 0 Å². The van der Waals surface area contributed by atoms with Crippen molar-refractivity contribution in [1.82, 2.24) is 0 Å². The second kappa shape index (κ2) is 4.83. The van der Waals surface area contributed by atoms with Crippen molar-refractivity contribution in [2.45, 2.75) is 33.1 Å². The molecular formula is C23H22. The molecule has 0 atom stereocenters. The Morgan fingerprint density at radius 1 is 0.609 bits per heavy atom. The lowest BCUT2D eigenvalue weighted by Crippen LogP contribution is -2.13. The molecule has 0 N–H and O–H groups in total. The van der Waals surface area contributed by atoms with Gasteiger partial charge in [0.05, 0.1) is 0 Å². The highest BCUT2D eigenvalue weighted by molar-refractivity contribution is 6.13. The van der Waals surface area contributed by atoms with Gasteiger partial charge < -0.3 is 0 Å². The van der Waals surface area contributed by atoms with Gasteiger partial charge in [-0.15, -0.1) is 0 Å². The van der Waals surface area contributed by atoms with Crippen LogP contribution < -0.4 is 0 Å². The zero-order valence-electron chi connectivity index (χ0n) is 14.3. The number of aryl methyl sites for hydroxylation is 1. The maximum Gasteiger partial charge on any atom is -0.00989 e. The Kier molecular flexibility index (Phi) is 2.99. The summed E-state index contributed by atoms with van der Waals surface area (Å²) in [5.74, 6) is 0. The van der Waals surface area contributed by atoms with E-state index in [1.807, 2.05) is 0 Å². The molecule has 0 unspecified atom stereocenters. The zero-order chi connectivity index (χ0) is 16.2. The summed E-state index contributed by atoms with van der Waals surface area (Å²) in [7, 11) is 0. The van der Waals surface area contributed by atoms with Gasteiger partial charge in [0, 0.05) is 0 Å². The molecule has 4 aromatic rings. The Hall–Kier alpha value is -2.34. The highest BCUT2D eigenvalue weighted by atomic mass is 14.2. The molecule has 23 heavy (non-hydrogen) atoms. The Morgan fingerprint density at radius 2 is 1.26 bits per heavy atom. The van der Waals surface area contributed by atoms with Gasteiger partial charge in [0.25, 0.3) is 0 Å². The smallest absolute Gasteiger partial charge is 0.00989 e. The highest BCUT2D eigenvalue weighted by Gasteiger charge is 2.19. The Bertz CT molecular complexity index is 1050. The van der Waals surface area contributed by atoms with Crippen LogP contribution in [0.25, 0.3) is 32.3 Å². The summed E-state index contributed by atoms with van der Waals surface area (Å²) in [6.07, 6.45) is 0. The first-order valence-corrected chi connectivity index (χ1v) is 8.30. The number of fused-ring (bicyclic) bond motifs is 4. The lowest BCUT2D eigenvalue weighted by atomic mass is 9.80. The average molecular weight is 298 g/mol. The molecular weight excluding hydrogens is 276 g/mol. The first kappa shape index (κ1) is 14.3. The molecule has 0 aliphatic heterocycles. The van der Waals surface area contributed by atoms with Crippen LogP contribution in [-0.2, 0) is 5.41 Å². The molecule has 4 rings (SSSR count). The van der Waals surface area contributed by atoms with Gasteiger partial charge in [-0.05, 0) is 67.9 Å². The van der Waals surface area contributed by atoms with Crippen molar-refractivity contribution in [2.24, 2.45) is 0 Å². The molecule has 0 spiro atoms. The SMILES string of the molecule is Cc1ccc2c(ccc3cc4ccccc4cc32)c1C(C)(C)C. The minimum absolute atomic E-state index is 0.147. The van der Waals surface area contributed by atoms with Crippen LogP contribution in [0, 0.1) is 6.92 Å². The van der Waals surface area contributed by atoms with Crippen molar-refractivity contribution in [1.29, 1.82) is 0 Å². The fourth-order valence-corrected chi connectivity index (χ4v) is 3.93. The first-order valence-electron chi connectivity index (χ1n) is 8.30. The van der Waals surface area contributed by atoms with Crippen molar-refractivity contribution >= 4 is 32.3 Å². The van der Waals surface area contributed by atoms with E-state index in [-0.39, 0.29) is 5.41 Å². The Balaban J connectivity index is 2.19. The minimum atomic E-state index is 0.147. The standard InChI is InChI=1S/C23H22/c1-15-9-11-19-20(22(15)23(2,3)4)12-10-18-13-16-7-5-6-8-17(16)14-21(18)19/h5-14H,1-4H3. The maximum absolute atomic E-state index is 2.34. The third-order valence-corrected chi connectivity index (χ3v) is 4.84. The van der Waals surface area contributed by atoms with Gasteiger partial charge in [-0.2, -0.15) is 0 Å². The molecule has 0 fully saturated rings. The number of benzene rings is 4. The zero-order valence-corrected chi connectivity index (χ0v) is 14.3. The van der Waals surface area contributed by atoms with E-state index in [1.54, 1.807) is 0 Å². The fourth-order valence-electron chi connectivity index (χ4n) is 3.93. The van der Waals surface area contributed by atoms with Crippen molar-refractivity contribution in [3.8, 4) is 0 Å². The second-order valence-corrected chi connectivity index (χ2v) is 7.59. The van der Waals surface area contributed by atoms with Crippen molar-refractivity contribution < 1.29 is 0 Å². The molecule has 0 bridgehead atoms. The summed E-state index contributed by atoms with van der Waals surface area (Å²) in [4.78, 5) is 0. The molecule has 0 heteroatoms. The van der Waals surface area contributed by atoms with E-state index in [9.17, 15) is 0 Å². The van der Waals surface area contributed by atoms with E-state index in [2.05, 4.69) is 88.4 Å². The van der Waals surface area contributed by atoms with Gasteiger partial charge in [0.2, 0.25) is 0 Å². The Morgan fingerprint density at radius 3 is 1.96 bits per heavy atom. The summed E-state index contributed by atoms with van der Waals surface area (Å²) in [5.41, 5.74) is 2.99. The van der Waals surface area contributed by atoms with Crippen LogP contribution in [0.5, 0.6) is 0 Å². The fraction of sp³-hybridized carbons (Fsp3) is 0.217. The van der Waals surface area contributed by atoms with Crippen LogP contribution in [0.3, 0.4) is 0 Å². The van der Waals surface area contributed by atoms with E-state index in [0.717, 1.165) is 0 Å². The topological polar surface area (TPSA) is 0 Å². The van der Waals surface area contributed by atoms with Gasteiger partial charge >= 0.3 is 0 Å². The lowest BCUT2D eigenvalue weighted by molar-refractivity contribution is 0.592. The molecule has 0 saturated heterocycles. The summed E-state index contributed by atoms with van der Waals surface area (Å²) >= 11 is 0. The van der Waals surface area contributed by atoms with Crippen molar-refractivity contribution in [2.75, 3.05) is 0 Å². The predicted octanol–water partition coefficient (Wildman–Crippen LogP) is 6.75. The first-order chi connectivity index (χ1) is 10.9. The minimum Gasteiger partial charge on any atom is -0.0616 e. The molecule has 0 aliphatic rings. The molecule has 0 aromatic heterocycles. The van der Waals surface area contributed by atoms with Crippen LogP contribution in [-0.4, -0.2) is 0 Å². The van der Waals surface area contributed by atoms with Crippen LogP contribution in [0.1, 0.15) is 31.9 Å². The second-order valence-electron chi connectivity index (χ2n) is 7.59. The molecule has 0 heterocycles. The molecule has 114 valence electrons. The monoisotopic (exact) mass is 298 g/mol. The normalized spacial score (nSPS) is 12.3. The number of hydrogen-bond acceptors (Lipinski definition) is 0. The third kappa shape index (κ3) is 2.21. The summed E-state index contributed by atoms with van der Waals surface area (Å²) in [6.45, 7) is 9.14. The van der Waals surface area contributed by atoms with E-state index in [0.29, 0.717) is 0 Å². The molecule has 4 aromatic carbocycles. The van der Waals surface area contributed by atoms with Gasteiger partial charge in [0.1, 0.15) is 0 Å². The van der Waals surface area contributed by atoms with Gasteiger partial charge in [-0.3, -0.25) is 0 Å². The Labute approximate surface area is 137 Å². The van der Waals surface area contributed by atoms with Crippen molar-refractivity contribution in [3.05, 3.63) is 71.8 Å². The van der Waals surface area contributed by atoms with Crippen molar-refractivity contribution in [3.63, 3.8) is 0 Å². The lowest BCUT2D eigenvalue weighted by Gasteiger charge is -2.24. The van der Waals surface area contributed by atoms with E-state index in [4.69, 9.17) is 0 Å².